The Bertz CT molecular complexity index is 552. The molecule has 5 rings (SSSR count). The smallest absolute Gasteiger partial charge is 0.127 e. The number of aliphatic hydroxyl groups is 1. The number of ether oxygens (including phenoxy) is 1. The minimum atomic E-state index is -0.0289. The minimum Gasteiger partial charge on any atom is -0.393 e. The molecule has 0 aromatic carbocycles. The highest BCUT2D eigenvalue weighted by molar-refractivity contribution is 5.15. The maximum absolute atomic E-state index is 10.2. The average Bonchev–Trinajstić information content (AvgIpc) is 3.10. The first-order valence-electron chi connectivity index (χ1n) is 10.9. The van der Waals surface area contributed by atoms with Crippen LogP contribution in [0.1, 0.15) is 71.6 Å². The van der Waals surface area contributed by atoms with Crippen molar-refractivity contribution in [3.05, 3.63) is 0 Å². The Balaban J connectivity index is 1.46. The van der Waals surface area contributed by atoms with Gasteiger partial charge in [0, 0.05) is 12.0 Å². The van der Waals surface area contributed by atoms with Crippen molar-refractivity contribution in [1.82, 2.24) is 4.90 Å². The van der Waals surface area contributed by atoms with Gasteiger partial charge in [-0.3, -0.25) is 4.90 Å². The van der Waals surface area contributed by atoms with E-state index in [1.54, 1.807) is 0 Å². The molecule has 0 radical (unpaired) electrons. The Morgan fingerprint density at radius 1 is 0.960 bits per heavy atom. The fourth-order valence-electron chi connectivity index (χ4n) is 8.72. The molecule has 1 aliphatic heterocycles. The van der Waals surface area contributed by atoms with Gasteiger partial charge in [-0.1, -0.05) is 13.8 Å². The Hall–Kier alpha value is -0.120. The van der Waals surface area contributed by atoms with Gasteiger partial charge in [-0.15, -0.1) is 0 Å². The molecule has 0 aromatic rings. The zero-order chi connectivity index (χ0) is 17.4. The summed E-state index contributed by atoms with van der Waals surface area (Å²) >= 11 is 0. The third kappa shape index (κ3) is 2.04. The summed E-state index contributed by atoms with van der Waals surface area (Å²) in [6, 6.07) is 0. The van der Waals surface area contributed by atoms with Crippen LogP contribution < -0.4 is 0 Å². The van der Waals surface area contributed by atoms with E-state index in [-0.39, 0.29) is 11.8 Å². The summed E-state index contributed by atoms with van der Waals surface area (Å²) < 4.78 is 6.50. The van der Waals surface area contributed by atoms with Gasteiger partial charge in [0.1, 0.15) is 5.72 Å². The summed E-state index contributed by atoms with van der Waals surface area (Å²) in [5.41, 5.74) is 0.863. The zero-order valence-electron chi connectivity index (χ0n) is 16.5. The van der Waals surface area contributed by atoms with E-state index in [0.717, 1.165) is 49.7 Å². The van der Waals surface area contributed by atoms with Gasteiger partial charge in [0.25, 0.3) is 0 Å². The van der Waals surface area contributed by atoms with E-state index >= 15 is 0 Å². The van der Waals surface area contributed by atoms with E-state index in [1.165, 1.54) is 44.9 Å². The van der Waals surface area contributed by atoms with Crippen molar-refractivity contribution >= 4 is 0 Å². The molecule has 0 bridgehead atoms. The second kappa shape index (κ2) is 5.45. The Kier molecular flexibility index (Phi) is 3.71. The van der Waals surface area contributed by atoms with Gasteiger partial charge in [0.15, 0.2) is 0 Å². The predicted octanol–water partition coefficient (Wildman–Crippen LogP) is 4.05. The molecule has 1 spiro atoms. The fourth-order valence-corrected chi connectivity index (χ4v) is 8.72. The van der Waals surface area contributed by atoms with Crippen molar-refractivity contribution < 1.29 is 9.84 Å². The van der Waals surface area contributed by atoms with Crippen LogP contribution >= 0.6 is 0 Å². The first-order chi connectivity index (χ1) is 11.9. The van der Waals surface area contributed by atoms with Crippen LogP contribution in [0.2, 0.25) is 0 Å². The lowest BCUT2D eigenvalue weighted by atomic mass is 9.44. The number of likely N-dealkylation sites (N-methyl/N-ethyl adjacent to an activating group) is 1. The van der Waals surface area contributed by atoms with Crippen LogP contribution in [0.3, 0.4) is 0 Å². The van der Waals surface area contributed by atoms with Crippen LogP contribution in [-0.2, 0) is 4.74 Å². The molecule has 1 heterocycles. The molecule has 8 unspecified atom stereocenters. The molecule has 3 nitrogen and oxygen atoms in total. The van der Waals surface area contributed by atoms with Gasteiger partial charge in [-0.25, -0.2) is 0 Å². The lowest BCUT2D eigenvalue weighted by Gasteiger charge is -2.62. The van der Waals surface area contributed by atoms with E-state index in [1.807, 2.05) is 0 Å². The molecule has 4 saturated carbocycles. The lowest BCUT2D eigenvalue weighted by Crippen LogP contribution is -2.59. The number of rotatable bonds is 0. The average molecular weight is 348 g/mol. The van der Waals surface area contributed by atoms with Gasteiger partial charge >= 0.3 is 0 Å². The first kappa shape index (κ1) is 17.0. The maximum atomic E-state index is 10.2. The quantitative estimate of drug-likeness (QED) is 0.717. The molecule has 3 heteroatoms. The summed E-state index contributed by atoms with van der Waals surface area (Å²) in [6.45, 7) is 7.19. The van der Waals surface area contributed by atoms with Crippen LogP contribution in [0.15, 0.2) is 0 Å². The summed E-state index contributed by atoms with van der Waals surface area (Å²) in [4.78, 5) is 2.55. The molecule has 0 aromatic heterocycles. The Labute approximate surface area is 153 Å². The van der Waals surface area contributed by atoms with Crippen molar-refractivity contribution in [3.8, 4) is 0 Å². The number of aliphatic hydroxyl groups excluding tert-OH is 1. The van der Waals surface area contributed by atoms with E-state index in [2.05, 4.69) is 25.8 Å². The molecule has 0 amide bonds. The van der Waals surface area contributed by atoms with Gasteiger partial charge in [0.2, 0.25) is 0 Å². The first-order valence-corrected chi connectivity index (χ1v) is 10.9. The van der Waals surface area contributed by atoms with Crippen molar-refractivity contribution in [2.75, 3.05) is 20.2 Å². The molecule has 1 N–H and O–H groups in total. The predicted molar refractivity (Wildman–Crippen MR) is 99.0 cm³/mol. The maximum Gasteiger partial charge on any atom is 0.127 e. The van der Waals surface area contributed by atoms with Crippen molar-refractivity contribution in [1.29, 1.82) is 0 Å². The second-order valence-electron chi connectivity index (χ2n) is 10.6. The van der Waals surface area contributed by atoms with E-state index in [0.29, 0.717) is 10.8 Å². The fraction of sp³-hybridized carbons (Fsp3) is 1.00. The van der Waals surface area contributed by atoms with Gasteiger partial charge in [-0.05, 0) is 93.9 Å². The molecule has 4 aliphatic carbocycles. The van der Waals surface area contributed by atoms with Gasteiger partial charge in [-0.2, -0.15) is 0 Å². The zero-order valence-corrected chi connectivity index (χ0v) is 16.5. The van der Waals surface area contributed by atoms with Crippen molar-refractivity contribution in [2.45, 2.75) is 83.5 Å². The summed E-state index contributed by atoms with van der Waals surface area (Å²) in [5.74, 6) is 3.39. The third-order valence-corrected chi connectivity index (χ3v) is 10.1. The summed E-state index contributed by atoms with van der Waals surface area (Å²) in [7, 11) is 2.30. The van der Waals surface area contributed by atoms with Crippen molar-refractivity contribution in [2.24, 2.45) is 34.5 Å². The molecule has 1 saturated heterocycles. The molecule has 25 heavy (non-hydrogen) atoms. The molecular weight excluding hydrogens is 310 g/mol. The molecular formula is C22H37NO2. The van der Waals surface area contributed by atoms with Crippen LogP contribution in [0.4, 0.5) is 0 Å². The van der Waals surface area contributed by atoms with Crippen molar-refractivity contribution in [3.63, 3.8) is 0 Å². The van der Waals surface area contributed by atoms with Crippen LogP contribution in [0.5, 0.6) is 0 Å². The highest BCUT2D eigenvalue weighted by Crippen LogP contribution is 2.69. The largest absolute Gasteiger partial charge is 0.393 e. The number of hydrogen-bond donors (Lipinski definition) is 1. The van der Waals surface area contributed by atoms with E-state index in [9.17, 15) is 5.11 Å². The second-order valence-corrected chi connectivity index (χ2v) is 10.6. The van der Waals surface area contributed by atoms with Crippen LogP contribution in [0.25, 0.3) is 0 Å². The van der Waals surface area contributed by atoms with E-state index < -0.39 is 0 Å². The van der Waals surface area contributed by atoms with E-state index in [4.69, 9.17) is 4.74 Å². The molecule has 142 valence electrons. The van der Waals surface area contributed by atoms with Gasteiger partial charge < -0.3 is 9.84 Å². The lowest BCUT2D eigenvalue weighted by molar-refractivity contribution is -0.196. The molecule has 8 atom stereocenters. The Morgan fingerprint density at radius 3 is 2.52 bits per heavy atom. The highest BCUT2D eigenvalue weighted by Gasteiger charge is 2.67. The molecule has 5 aliphatic rings. The third-order valence-electron chi connectivity index (χ3n) is 10.1. The molecule has 5 fully saturated rings. The minimum absolute atomic E-state index is 0.0289. The van der Waals surface area contributed by atoms with Crippen LogP contribution in [0, 0.1) is 34.5 Å². The monoisotopic (exact) mass is 347 g/mol. The number of hydrogen-bond acceptors (Lipinski definition) is 3. The standard InChI is InChI=1S/C22H37NO2/c1-20-9-6-16(24)14-15(20)4-5-17-18(20)7-10-21(2)19(17)8-11-22(21)23(3)12-13-25-22/h15-19,24H,4-14H2,1-3H3. The summed E-state index contributed by atoms with van der Waals surface area (Å²) in [6.07, 6.45) is 11.4. The topological polar surface area (TPSA) is 32.7 Å². The normalized spacial score (nSPS) is 58.8. The van der Waals surface area contributed by atoms with Gasteiger partial charge in [0.05, 0.1) is 12.7 Å². The van der Waals surface area contributed by atoms with Crippen LogP contribution in [-0.4, -0.2) is 42.0 Å². The number of fused-ring (bicyclic) bond motifs is 6. The SMILES string of the molecule is CN1CCOC12CCC1C3CCC4CC(O)CCC4(C)C3CCC12C. The summed E-state index contributed by atoms with van der Waals surface area (Å²) in [5, 5.41) is 10.2. The number of nitrogens with zero attached hydrogens (tertiary/aromatic N) is 1. The highest BCUT2D eigenvalue weighted by atomic mass is 16.5. The Morgan fingerprint density at radius 2 is 1.76 bits per heavy atom.